The van der Waals surface area contributed by atoms with Crippen molar-refractivity contribution in [2.24, 2.45) is 5.92 Å². The highest BCUT2D eigenvalue weighted by Crippen LogP contribution is 2.20. The van der Waals surface area contributed by atoms with E-state index >= 15 is 0 Å². The lowest BCUT2D eigenvalue weighted by atomic mass is 10.0. The van der Waals surface area contributed by atoms with E-state index in [1.807, 2.05) is 31.3 Å². The standard InChI is InChI=1S/C12H20N4/c1-10-5-4-8-16(9-10)12-13-7-6-11(14-12)15(2)3/h6-7,10H,4-5,8-9H2,1-3H3. The van der Waals surface area contributed by atoms with E-state index < -0.39 is 0 Å². The first kappa shape index (κ1) is 11.2. The van der Waals surface area contributed by atoms with Crippen LogP contribution in [0.4, 0.5) is 11.8 Å². The topological polar surface area (TPSA) is 32.3 Å². The first-order chi connectivity index (χ1) is 7.66. The fraction of sp³-hybridized carbons (Fsp3) is 0.667. The number of aromatic nitrogens is 2. The molecule has 1 fully saturated rings. The Morgan fingerprint density at radius 3 is 2.94 bits per heavy atom. The van der Waals surface area contributed by atoms with Gasteiger partial charge in [0.05, 0.1) is 0 Å². The molecule has 2 heterocycles. The molecule has 88 valence electrons. The van der Waals surface area contributed by atoms with Crippen molar-refractivity contribution in [2.75, 3.05) is 37.0 Å². The zero-order chi connectivity index (χ0) is 11.5. The van der Waals surface area contributed by atoms with Gasteiger partial charge in [0.2, 0.25) is 5.95 Å². The molecule has 1 aromatic heterocycles. The number of nitrogens with zero attached hydrogens (tertiary/aromatic N) is 4. The van der Waals surface area contributed by atoms with Gasteiger partial charge in [-0.1, -0.05) is 6.92 Å². The Hall–Kier alpha value is -1.32. The van der Waals surface area contributed by atoms with E-state index in [9.17, 15) is 0 Å². The number of hydrogen-bond donors (Lipinski definition) is 0. The molecule has 0 amide bonds. The molecule has 2 rings (SSSR count). The molecule has 4 heteroatoms. The third-order valence-electron chi connectivity index (χ3n) is 3.03. The maximum atomic E-state index is 4.57. The molecule has 16 heavy (non-hydrogen) atoms. The molecule has 1 aliphatic rings. The maximum absolute atomic E-state index is 4.57. The second-order valence-corrected chi connectivity index (χ2v) is 4.80. The largest absolute Gasteiger partial charge is 0.363 e. The molecule has 1 unspecified atom stereocenters. The van der Waals surface area contributed by atoms with E-state index in [-0.39, 0.29) is 0 Å². The van der Waals surface area contributed by atoms with Gasteiger partial charge in [0.15, 0.2) is 0 Å². The molecule has 0 bridgehead atoms. The third kappa shape index (κ3) is 2.43. The van der Waals surface area contributed by atoms with Gasteiger partial charge in [-0.15, -0.1) is 0 Å². The Balaban J connectivity index is 2.16. The lowest BCUT2D eigenvalue weighted by Crippen LogP contribution is -2.35. The van der Waals surface area contributed by atoms with Gasteiger partial charge in [-0.3, -0.25) is 0 Å². The highest BCUT2D eigenvalue weighted by atomic mass is 15.3. The van der Waals surface area contributed by atoms with Crippen molar-refractivity contribution in [2.45, 2.75) is 19.8 Å². The summed E-state index contributed by atoms with van der Waals surface area (Å²) in [6.07, 6.45) is 4.41. The lowest BCUT2D eigenvalue weighted by Gasteiger charge is -2.31. The fourth-order valence-electron chi connectivity index (χ4n) is 2.11. The van der Waals surface area contributed by atoms with Crippen LogP contribution in [0.25, 0.3) is 0 Å². The van der Waals surface area contributed by atoms with E-state index in [0.29, 0.717) is 0 Å². The van der Waals surface area contributed by atoms with Gasteiger partial charge < -0.3 is 9.80 Å². The summed E-state index contributed by atoms with van der Waals surface area (Å²) in [5.41, 5.74) is 0. The predicted octanol–water partition coefficient (Wildman–Crippen LogP) is 1.78. The second kappa shape index (κ2) is 4.68. The minimum absolute atomic E-state index is 0.750. The second-order valence-electron chi connectivity index (χ2n) is 4.80. The smallest absolute Gasteiger partial charge is 0.227 e. The summed E-state index contributed by atoms with van der Waals surface area (Å²) in [7, 11) is 4.01. The van der Waals surface area contributed by atoms with Gasteiger partial charge in [0.25, 0.3) is 0 Å². The summed E-state index contributed by atoms with van der Waals surface area (Å²) in [5.74, 6) is 2.60. The molecule has 1 aromatic rings. The first-order valence-electron chi connectivity index (χ1n) is 5.92. The van der Waals surface area contributed by atoms with Crippen LogP contribution in [0, 0.1) is 5.92 Å². The van der Waals surface area contributed by atoms with Crippen molar-refractivity contribution in [3.05, 3.63) is 12.3 Å². The van der Waals surface area contributed by atoms with Crippen LogP contribution < -0.4 is 9.80 Å². The van der Waals surface area contributed by atoms with Crippen LogP contribution >= 0.6 is 0 Å². The molecular weight excluding hydrogens is 200 g/mol. The van der Waals surface area contributed by atoms with Crippen LogP contribution in [0.2, 0.25) is 0 Å². The summed E-state index contributed by atoms with van der Waals surface area (Å²) in [4.78, 5) is 13.2. The quantitative estimate of drug-likeness (QED) is 0.760. The fourth-order valence-corrected chi connectivity index (χ4v) is 2.11. The molecule has 0 aliphatic carbocycles. The average molecular weight is 220 g/mol. The third-order valence-corrected chi connectivity index (χ3v) is 3.03. The van der Waals surface area contributed by atoms with Gasteiger partial charge in [-0.25, -0.2) is 4.98 Å². The highest BCUT2D eigenvalue weighted by molar-refractivity contribution is 5.42. The molecule has 1 atom stereocenters. The number of rotatable bonds is 2. The molecule has 1 saturated heterocycles. The van der Waals surface area contributed by atoms with Crippen molar-refractivity contribution in [3.8, 4) is 0 Å². The van der Waals surface area contributed by atoms with Crippen molar-refractivity contribution >= 4 is 11.8 Å². The van der Waals surface area contributed by atoms with Gasteiger partial charge in [0, 0.05) is 33.4 Å². The van der Waals surface area contributed by atoms with Crippen LogP contribution in [0.15, 0.2) is 12.3 Å². The van der Waals surface area contributed by atoms with Crippen molar-refractivity contribution in [3.63, 3.8) is 0 Å². The van der Waals surface area contributed by atoms with Crippen LogP contribution in [-0.2, 0) is 0 Å². The Morgan fingerprint density at radius 2 is 2.25 bits per heavy atom. The average Bonchev–Trinajstić information content (AvgIpc) is 2.29. The Kier molecular flexibility index (Phi) is 3.27. The first-order valence-corrected chi connectivity index (χ1v) is 5.92. The molecule has 1 aliphatic heterocycles. The van der Waals surface area contributed by atoms with Crippen molar-refractivity contribution < 1.29 is 0 Å². The molecule has 0 radical (unpaired) electrons. The van der Waals surface area contributed by atoms with Crippen LogP contribution in [-0.4, -0.2) is 37.2 Å². The molecule has 4 nitrogen and oxygen atoms in total. The van der Waals surface area contributed by atoms with Gasteiger partial charge in [-0.05, 0) is 24.8 Å². The van der Waals surface area contributed by atoms with Crippen molar-refractivity contribution in [1.29, 1.82) is 0 Å². The van der Waals surface area contributed by atoms with Crippen LogP contribution in [0.3, 0.4) is 0 Å². The number of piperidine rings is 1. The highest BCUT2D eigenvalue weighted by Gasteiger charge is 2.18. The SMILES string of the molecule is CC1CCCN(c2nccc(N(C)C)n2)C1. The zero-order valence-corrected chi connectivity index (χ0v) is 10.3. The summed E-state index contributed by atoms with van der Waals surface area (Å²) < 4.78 is 0. The molecular formula is C12H20N4. The zero-order valence-electron chi connectivity index (χ0n) is 10.3. The lowest BCUT2D eigenvalue weighted by molar-refractivity contribution is 0.442. The Labute approximate surface area is 97.3 Å². The predicted molar refractivity (Wildman–Crippen MR) is 67.0 cm³/mol. The summed E-state index contributed by atoms with van der Waals surface area (Å²) in [6.45, 7) is 4.46. The summed E-state index contributed by atoms with van der Waals surface area (Å²) >= 11 is 0. The minimum atomic E-state index is 0.750. The van der Waals surface area contributed by atoms with Crippen LogP contribution in [0.1, 0.15) is 19.8 Å². The summed E-state index contributed by atoms with van der Waals surface area (Å²) in [5, 5.41) is 0. The van der Waals surface area contributed by atoms with E-state index in [4.69, 9.17) is 0 Å². The summed E-state index contributed by atoms with van der Waals surface area (Å²) in [6, 6.07) is 1.94. The molecule has 0 aromatic carbocycles. The van der Waals surface area contributed by atoms with E-state index in [1.54, 1.807) is 0 Å². The van der Waals surface area contributed by atoms with E-state index in [0.717, 1.165) is 30.8 Å². The monoisotopic (exact) mass is 220 g/mol. The maximum Gasteiger partial charge on any atom is 0.227 e. The number of anilines is 2. The molecule has 0 spiro atoms. The van der Waals surface area contributed by atoms with E-state index in [1.165, 1.54) is 12.8 Å². The minimum Gasteiger partial charge on any atom is -0.363 e. The van der Waals surface area contributed by atoms with Gasteiger partial charge >= 0.3 is 0 Å². The van der Waals surface area contributed by atoms with E-state index in [2.05, 4.69) is 21.8 Å². The van der Waals surface area contributed by atoms with Gasteiger partial charge in [0.1, 0.15) is 5.82 Å². The van der Waals surface area contributed by atoms with Gasteiger partial charge in [-0.2, -0.15) is 4.98 Å². The van der Waals surface area contributed by atoms with Crippen molar-refractivity contribution in [1.82, 2.24) is 9.97 Å². The number of hydrogen-bond acceptors (Lipinski definition) is 4. The Morgan fingerprint density at radius 1 is 1.44 bits per heavy atom. The Bertz CT molecular complexity index is 351. The molecule has 0 N–H and O–H groups in total. The van der Waals surface area contributed by atoms with Crippen LogP contribution in [0.5, 0.6) is 0 Å². The molecule has 0 saturated carbocycles. The normalized spacial score (nSPS) is 20.9.